The van der Waals surface area contributed by atoms with Crippen molar-refractivity contribution in [2.24, 2.45) is 0 Å². The molecule has 6 heteroatoms. The molecular formula is C15H20N4OS. The van der Waals surface area contributed by atoms with Gasteiger partial charge in [-0.05, 0) is 18.1 Å². The van der Waals surface area contributed by atoms with Crippen LogP contribution in [-0.4, -0.2) is 28.4 Å². The van der Waals surface area contributed by atoms with Crippen molar-refractivity contribution in [2.45, 2.75) is 24.7 Å². The predicted octanol–water partition coefficient (Wildman–Crippen LogP) is 2.64. The molecule has 0 saturated carbocycles. The van der Waals surface area contributed by atoms with Crippen LogP contribution in [0.4, 0.5) is 5.69 Å². The smallest absolute Gasteiger partial charge is 0.273 e. The zero-order chi connectivity index (χ0) is 15.2. The first-order valence-electron chi connectivity index (χ1n) is 6.89. The van der Waals surface area contributed by atoms with Gasteiger partial charge in [0.2, 0.25) is 0 Å². The molecule has 2 aromatic rings. The first-order chi connectivity index (χ1) is 10.1. The summed E-state index contributed by atoms with van der Waals surface area (Å²) < 4.78 is 0. The molecule has 0 aliphatic rings. The van der Waals surface area contributed by atoms with Crippen molar-refractivity contribution in [3.05, 3.63) is 41.7 Å². The van der Waals surface area contributed by atoms with E-state index in [1.807, 2.05) is 44.2 Å². The van der Waals surface area contributed by atoms with Crippen LogP contribution in [0.15, 0.2) is 35.2 Å². The number of carbonyl (C=O) groups excluding carboxylic acids is 1. The molecule has 1 aromatic carbocycles. The minimum Gasteiger partial charge on any atom is -0.395 e. The number of hydrogen-bond donors (Lipinski definition) is 3. The van der Waals surface area contributed by atoms with Crippen molar-refractivity contribution >= 4 is 23.4 Å². The Balaban J connectivity index is 1.82. The molecule has 0 radical (unpaired) electrons. The number of carbonyl (C=O) groups is 1. The van der Waals surface area contributed by atoms with Gasteiger partial charge in [0.25, 0.3) is 5.91 Å². The van der Waals surface area contributed by atoms with Crippen LogP contribution in [0.25, 0.3) is 0 Å². The van der Waals surface area contributed by atoms with E-state index in [0.29, 0.717) is 12.2 Å². The third kappa shape index (κ3) is 4.01. The highest BCUT2D eigenvalue weighted by molar-refractivity contribution is 7.99. The fourth-order valence-electron chi connectivity index (χ4n) is 1.91. The minimum absolute atomic E-state index is 0.215. The SMILES string of the molecule is CC(C)c1[nH]nc(C(=O)NCCSc2ccccc2)c1N. The topological polar surface area (TPSA) is 83.8 Å². The Morgan fingerprint density at radius 2 is 2.10 bits per heavy atom. The van der Waals surface area contributed by atoms with Crippen LogP contribution in [0, 0.1) is 0 Å². The van der Waals surface area contributed by atoms with Crippen molar-refractivity contribution in [2.75, 3.05) is 18.0 Å². The van der Waals surface area contributed by atoms with Gasteiger partial charge in [0, 0.05) is 17.2 Å². The molecule has 1 amide bonds. The Kier molecular flexibility index (Phi) is 5.27. The lowest BCUT2D eigenvalue weighted by Gasteiger charge is -2.05. The molecule has 4 N–H and O–H groups in total. The third-order valence-electron chi connectivity index (χ3n) is 3.03. The van der Waals surface area contributed by atoms with Gasteiger partial charge in [-0.2, -0.15) is 5.10 Å². The molecule has 0 fully saturated rings. The molecule has 21 heavy (non-hydrogen) atoms. The van der Waals surface area contributed by atoms with E-state index in [0.717, 1.165) is 11.4 Å². The monoisotopic (exact) mass is 304 g/mol. The Morgan fingerprint density at radius 1 is 1.38 bits per heavy atom. The van der Waals surface area contributed by atoms with Crippen LogP contribution < -0.4 is 11.1 Å². The van der Waals surface area contributed by atoms with E-state index in [9.17, 15) is 4.79 Å². The van der Waals surface area contributed by atoms with Gasteiger partial charge in [-0.1, -0.05) is 32.0 Å². The number of amides is 1. The van der Waals surface area contributed by atoms with Gasteiger partial charge in [-0.25, -0.2) is 0 Å². The van der Waals surface area contributed by atoms with Crippen LogP contribution in [0.3, 0.4) is 0 Å². The molecule has 112 valence electrons. The van der Waals surface area contributed by atoms with E-state index in [2.05, 4.69) is 15.5 Å². The van der Waals surface area contributed by atoms with Crippen molar-refractivity contribution in [3.63, 3.8) is 0 Å². The van der Waals surface area contributed by atoms with E-state index in [-0.39, 0.29) is 17.5 Å². The fourth-order valence-corrected chi connectivity index (χ4v) is 2.70. The maximum atomic E-state index is 12.0. The lowest BCUT2D eigenvalue weighted by molar-refractivity contribution is 0.0952. The van der Waals surface area contributed by atoms with E-state index >= 15 is 0 Å². The van der Waals surface area contributed by atoms with Crippen molar-refractivity contribution in [1.29, 1.82) is 0 Å². The Hall–Kier alpha value is -1.95. The molecule has 1 heterocycles. The Morgan fingerprint density at radius 3 is 2.71 bits per heavy atom. The molecule has 0 saturated heterocycles. The number of nitrogen functional groups attached to an aromatic ring is 1. The molecule has 5 nitrogen and oxygen atoms in total. The number of anilines is 1. The molecule has 0 aliphatic heterocycles. The van der Waals surface area contributed by atoms with Gasteiger partial charge in [0.05, 0.1) is 11.4 Å². The number of benzene rings is 1. The summed E-state index contributed by atoms with van der Waals surface area (Å²) in [6.45, 7) is 4.58. The molecule has 0 atom stereocenters. The second kappa shape index (κ2) is 7.17. The van der Waals surface area contributed by atoms with Gasteiger partial charge < -0.3 is 11.1 Å². The quantitative estimate of drug-likeness (QED) is 0.566. The second-order valence-corrected chi connectivity index (χ2v) is 6.14. The number of thioether (sulfide) groups is 1. The maximum Gasteiger partial charge on any atom is 0.273 e. The summed E-state index contributed by atoms with van der Waals surface area (Å²) in [6.07, 6.45) is 0. The maximum absolute atomic E-state index is 12.0. The van der Waals surface area contributed by atoms with Crippen molar-refractivity contribution in [3.8, 4) is 0 Å². The molecule has 1 aromatic heterocycles. The highest BCUT2D eigenvalue weighted by atomic mass is 32.2. The van der Waals surface area contributed by atoms with Gasteiger partial charge in [0.1, 0.15) is 0 Å². The molecule has 0 bridgehead atoms. The standard InChI is InChI=1S/C15H20N4OS/c1-10(2)13-12(16)14(19-18-13)15(20)17-8-9-21-11-6-4-3-5-7-11/h3-7,10H,8-9,16H2,1-2H3,(H,17,20)(H,18,19). The lowest BCUT2D eigenvalue weighted by atomic mass is 10.1. The number of rotatable bonds is 6. The average molecular weight is 304 g/mol. The summed E-state index contributed by atoms with van der Waals surface area (Å²) in [6, 6.07) is 10.1. The molecular weight excluding hydrogens is 284 g/mol. The van der Waals surface area contributed by atoms with Crippen LogP contribution in [0.1, 0.15) is 35.9 Å². The number of nitrogens with zero attached hydrogens (tertiary/aromatic N) is 1. The Bertz CT molecular complexity index is 595. The highest BCUT2D eigenvalue weighted by Gasteiger charge is 2.18. The van der Waals surface area contributed by atoms with Crippen LogP contribution >= 0.6 is 11.8 Å². The lowest BCUT2D eigenvalue weighted by Crippen LogP contribution is -2.26. The summed E-state index contributed by atoms with van der Waals surface area (Å²) in [5.41, 5.74) is 7.47. The van der Waals surface area contributed by atoms with E-state index in [1.54, 1.807) is 11.8 Å². The van der Waals surface area contributed by atoms with Crippen LogP contribution in [-0.2, 0) is 0 Å². The number of H-pyrrole nitrogens is 1. The summed E-state index contributed by atoms with van der Waals surface area (Å²) in [5.74, 6) is 0.786. The Labute approximate surface area is 128 Å². The van der Waals surface area contributed by atoms with Gasteiger partial charge in [-0.3, -0.25) is 9.89 Å². The number of aromatic amines is 1. The van der Waals surface area contributed by atoms with E-state index < -0.39 is 0 Å². The number of aromatic nitrogens is 2. The molecule has 2 rings (SSSR count). The normalized spacial score (nSPS) is 10.8. The summed E-state index contributed by atoms with van der Waals surface area (Å²) >= 11 is 1.70. The van der Waals surface area contributed by atoms with E-state index in [1.165, 1.54) is 4.90 Å². The second-order valence-electron chi connectivity index (χ2n) is 4.97. The zero-order valence-electron chi connectivity index (χ0n) is 12.2. The fraction of sp³-hybridized carbons (Fsp3) is 0.333. The van der Waals surface area contributed by atoms with Crippen LogP contribution in [0.5, 0.6) is 0 Å². The first-order valence-corrected chi connectivity index (χ1v) is 7.88. The summed E-state index contributed by atoms with van der Waals surface area (Å²) in [7, 11) is 0. The summed E-state index contributed by atoms with van der Waals surface area (Å²) in [4.78, 5) is 13.2. The minimum atomic E-state index is -0.232. The molecule has 0 unspecified atom stereocenters. The van der Waals surface area contributed by atoms with Crippen molar-refractivity contribution < 1.29 is 4.79 Å². The third-order valence-corrected chi connectivity index (χ3v) is 4.04. The highest BCUT2D eigenvalue weighted by Crippen LogP contribution is 2.22. The summed E-state index contributed by atoms with van der Waals surface area (Å²) in [5, 5.41) is 9.67. The first kappa shape index (κ1) is 15.4. The average Bonchev–Trinajstić information content (AvgIpc) is 2.86. The predicted molar refractivity (Wildman–Crippen MR) is 86.6 cm³/mol. The number of hydrogen-bond acceptors (Lipinski definition) is 4. The largest absolute Gasteiger partial charge is 0.395 e. The number of nitrogens with one attached hydrogen (secondary N) is 2. The van der Waals surface area contributed by atoms with Gasteiger partial charge in [0.15, 0.2) is 5.69 Å². The van der Waals surface area contributed by atoms with Gasteiger partial charge in [-0.15, -0.1) is 11.8 Å². The molecule has 0 spiro atoms. The number of nitrogens with two attached hydrogens (primary N) is 1. The van der Waals surface area contributed by atoms with Crippen molar-refractivity contribution in [1.82, 2.24) is 15.5 Å². The van der Waals surface area contributed by atoms with Gasteiger partial charge >= 0.3 is 0 Å². The molecule has 0 aliphatic carbocycles. The zero-order valence-corrected chi connectivity index (χ0v) is 13.0. The van der Waals surface area contributed by atoms with E-state index in [4.69, 9.17) is 5.73 Å². The van der Waals surface area contributed by atoms with Crippen LogP contribution in [0.2, 0.25) is 0 Å².